The smallest absolute Gasteiger partial charge is 0.243 e. The van der Waals surface area contributed by atoms with Crippen LogP contribution in [0.5, 0.6) is 5.75 Å². The molecule has 1 atom stereocenters. The Kier molecular flexibility index (Phi) is 9.47. The van der Waals surface area contributed by atoms with Gasteiger partial charge in [-0.3, -0.25) is 9.59 Å². The molecule has 2 aromatic rings. The highest BCUT2D eigenvalue weighted by Crippen LogP contribution is 2.22. The fourth-order valence-corrected chi connectivity index (χ4v) is 4.94. The molecule has 2 aromatic carbocycles. The first-order valence-electron chi connectivity index (χ1n) is 11.5. The molecule has 1 fully saturated rings. The number of amides is 2. The van der Waals surface area contributed by atoms with Crippen molar-refractivity contribution in [2.75, 3.05) is 12.9 Å². The summed E-state index contributed by atoms with van der Waals surface area (Å²) in [7, 11) is 1.63. The van der Waals surface area contributed by atoms with Crippen LogP contribution in [0.4, 0.5) is 0 Å². The highest BCUT2D eigenvalue weighted by molar-refractivity contribution is 8.00. The van der Waals surface area contributed by atoms with E-state index in [4.69, 9.17) is 4.74 Å². The lowest BCUT2D eigenvalue weighted by molar-refractivity contribution is -0.139. The van der Waals surface area contributed by atoms with Crippen LogP contribution in [-0.2, 0) is 16.1 Å². The third kappa shape index (κ3) is 7.02. The molecule has 172 valence electrons. The van der Waals surface area contributed by atoms with Crippen molar-refractivity contribution >= 4 is 23.6 Å². The van der Waals surface area contributed by atoms with Crippen LogP contribution in [0, 0.1) is 0 Å². The van der Waals surface area contributed by atoms with Gasteiger partial charge in [0.25, 0.3) is 0 Å². The molecule has 32 heavy (non-hydrogen) atoms. The number of methoxy groups -OCH3 is 1. The maximum absolute atomic E-state index is 13.3. The zero-order valence-electron chi connectivity index (χ0n) is 19.1. The lowest BCUT2D eigenvalue weighted by Crippen LogP contribution is -2.52. The van der Waals surface area contributed by atoms with Crippen molar-refractivity contribution in [3.63, 3.8) is 0 Å². The predicted octanol–water partition coefficient (Wildman–Crippen LogP) is 5.04. The zero-order chi connectivity index (χ0) is 22.8. The quantitative estimate of drug-likeness (QED) is 0.511. The standard InChI is InChI=1S/C26H34N2O3S/c1-3-24(26(30)27-21-10-6-4-7-11-21)28(18-20-14-16-22(31-2)17-15-20)25(29)19-32-23-12-8-5-9-13-23/h5,8-9,12-17,21,24H,3-4,6-7,10-11,18-19H2,1-2H3,(H,27,30). The Morgan fingerprint density at radius 3 is 2.38 bits per heavy atom. The topological polar surface area (TPSA) is 58.6 Å². The van der Waals surface area contributed by atoms with Crippen molar-refractivity contribution in [3.8, 4) is 5.75 Å². The fraction of sp³-hybridized carbons (Fsp3) is 0.462. The van der Waals surface area contributed by atoms with E-state index in [1.54, 1.807) is 12.0 Å². The molecule has 1 unspecified atom stereocenters. The SMILES string of the molecule is CCC(C(=O)NC1CCCCC1)N(Cc1ccc(OC)cc1)C(=O)CSc1ccccc1. The number of thioether (sulfide) groups is 1. The number of nitrogens with zero attached hydrogens (tertiary/aromatic N) is 1. The fourth-order valence-electron chi connectivity index (χ4n) is 4.14. The second-order valence-electron chi connectivity index (χ2n) is 8.24. The van der Waals surface area contributed by atoms with E-state index >= 15 is 0 Å². The average molecular weight is 455 g/mol. The minimum absolute atomic E-state index is 0.0275. The number of nitrogens with one attached hydrogen (secondary N) is 1. The van der Waals surface area contributed by atoms with Gasteiger partial charge in [-0.1, -0.05) is 56.5 Å². The molecule has 0 saturated heterocycles. The second kappa shape index (κ2) is 12.5. The van der Waals surface area contributed by atoms with Crippen molar-refractivity contribution < 1.29 is 14.3 Å². The van der Waals surface area contributed by atoms with Crippen molar-refractivity contribution in [2.45, 2.75) is 69.0 Å². The lowest BCUT2D eigenvalue weighted by Gasteiger charge is -2.32. The summed E-state index contributed by atoms with van der Waals surface area (Å²) < 4.78 is 5.25. The summed E-state index contributed by atoms with van der Waals surface area (Å²) in [6.45, 7) is 2.37. The Bertz CT molecular complexity index is 851. The van der Waals surface area contributed by atoms with Gasteiger partial charge < -0.3 is 15.0 Å². The van der Waals surface area contributed by atoms with Crippen LogP contribution in [0.2, 0.25) is 0 Å². The third-order valence-electron chi connectivity index (χ3n) is 5.95. The Labute approximate surface area is 195 Å². The molecule has 1 aliphatic carbocycles. The second-order valence-corrected chi connectivity index (χ2v) is 9.29. The van der Waals surface area contributed by atoms with E-state index in [0.717, 1.165) is 41.9 Å². The molecule has 0 bridgehead atoms. The average Bonchev–Trinajstić information content (AvgIpc) is 2.84. The summed E-state index contributed by atoms with van der Waals surface area (Å²) in [4.78, 5) is 29.4. The molecule has 5 nitrogen and oxygen atoms in total. The van der Waals surface area contributed by atoms with Gasteiger partial charge in [-0.15, -0.1) is 11.8 Å². The zero-order valence-corrected chi connectivity index (χ0v) is 19.9. The van der Waals surface area contributed by atoms with E-state index in [-0.39, 0.29) is 17.9 Å². The summed E-state index contributed by atoms with van der Waals surface area (Å²) in [5.74, 6) is 1.01. The molecule has 0 aliphatic heterocycles. The van der Waals surface area contributed by atoms with Gasteiger partial charge in [-0.05, 0) is 49.1 Å². The molecule has 1 N–H and O–H groups in total. The van der Waals surface area contributed by atoms with E-state index in [1.165, 1.54) is 18.2 Å². The lowest BCUT2D eigenvalue weighted by atomic mass is 9.95. The highest BCUT2D eigenvalue weighted by atomic mass is 32.2. The van der Waals surface area contributed by atoms with Gasteiger partial charge in [0.1, 0.15) is 11.8 Å². The third-order valence-corrected chi connectivity index (χ3v) is 6.95. The van der Waals surface area contributed by atoms with E-state index in [2.05, 4.69) is 5.32 Å². The van der Waals surface area contributed by atoms with Crippen LogP contribution >= 0.6 is 11.8 Å². The predicted molar refractivity (Wildman–Crippen MR) is 130 cm³/mol. The minimum atomic E-state index is -0.483. The summed E-state index contributed by atoms with van der Waals surface area (Å²) in [5.41, 5.74) is 0.979. The Morgan fingerprint density at radius 2 is 1.75 bits per heavy atom. The van der Waals surface area contributed by atoms with Gasteiger partial charge in [0.15, 0.2) is 0 Å². The molecule has 6 heteroatoms. The minimum Gasteiger partial charge on any atom is -0.497 e. The maximum Gasteiger partial charge on any atom is 0.243 e. The molecule has 1 saturated carbocycles. The molecule has 2 amide bonds. The van der Waals surface area contributed by atoms with Crippen LogP contribution < -0.4 is 10.1 Å². The van der Waals surface area contributed by atoms with Gasteiger partial charge in [0.2, 0.25) is 11.8 Å². The van der Waals surface area contributed by atoms with E-state index in [0.29, 0.717) is 18.7 Å². The van der Waals surface area contributed by atoms with Crippen LogP contribution in [0.15, 0.2) is 59.5 Å². The van der Waals surface area contributed by atoms with Gasteiger partial charge in [-0.25, -0.2) is 0 Å². The summed E-state index contributed by atoms with van der Waals surface area (Å²) >= 11 is 1.51. The number of ether oxygens (including phenoxy) is 1. The van der Waals surface area contributed by atoms with Gasteiger partial charge in [-0.2, -0.15) is 0 Å². The van der Waals surface area contributed by atoms with Crippen LogP contribution in [0.25, 0.3) is 0 Å². The summed E-state index contributed by atoms with van der Waals surface area (Å²) in [6.07, 6.45) is 6.18. The Hall–Kier alpha value is -2.47. The van der Waals surface area contributed by atoms with Crippen LogP contribution in [0.3, 0.4) is 0 Å². The highest BCUT2D eigenvalue weighted by Gasteiger charge is 2.30. The van der Waals surface area contributed by atoms with E-state index in [9.17, 15) is 9.59 Å². The number of carbonyl (C=O) groups is 2. The van der Waals surface area contributed by atoms with E-state index < -0.39 is 6.04 Å². The first-order valence-corrected chi connectivity index (χ1v) is 12.5. The van der Waals surface area contributed by atoms with Crippen molar-refractivity contribution in [2.24, 2.45) is 0 Å². The van der Waals surface area contributed by atoms with Crippen molar-refractivity contribution in [1.82, 2.24) is 10.2 Å². The number of hydrogen-bond acceptors (Lipinski definition) is 4. The normalized spacial score (nSPS) is 15.1. The Balaban J connectivity index is 1.74. The maximum atomic E-state index is 13.3. The van der Waals surface area contributed by atoms with E-state index in [1.807, 2.05) is 61.5 Å². The van der Waals surface area contributed by atoms with Gasteiger partial charge in [0, 0.05) is 17.5 Å². The summed E-state index contributed by atoms with van der Waals surface area (Å²) in [6, 6.07) is 17.3. The number of benzene rings is 2. The Morgan fingerprint density at radius 1 is 1.06 bits per heavy atom. The molecule has 0 radical (unpaired) electrons. The van der Waals surface area contributed by atoms with Crippen LogP contribution in [-0.4, -0.2) is 41.7 Å². The first-order chi connectivity index (χ1) is 15.6. The number of carbonyl (C=O) groups excluding carboxylic acids is 2. The first kappa shape index (κ1) is 24.2. The molecular formula is C26H34N2O3S. The summed E-state index contributed by atoms with van der Waals surface area (Å²) in [5, 5.41) is 3.22. The molecule has 0 spiro atoms. The van der Waals surface area contributed by atoms with Crippen LogP contribution in [0.1, 0.15) is 51.0 Å². The largest absolute Gasteiger partial charge is 0.497 e. The molecular weight excluding hydrogens is 420 g/mol. The molecule has 0 heterocycles. The monoisotopic (exact) mass is 454 g/mol. The van der Waals surface area contributed by atoms with Crippen molar-refractivity contribution in [1.29, 1.82) is 0 Å². The molecule has 0 aromatic heterocycles. The molecule has 3 rings (SSSR count). The molecule has 1 aliphatic rings. The van der Waals surface area contributed by atoms with Gasteiger partial charge >= 0.3 is 0 Å². The number of rotatable bonds is 10. The van der Waals surface area contributed by atoms with Crippen molar-refractivity contribution in [3.05, 3.63) is 60.2 Å². The van der Waals surface area contributed by atoms with Gasteiger partial charge in [0.05, 0.1) is 12.9 Å². The number of hydrogen-bond donors (Lipinski definition) is 1.